The Morgan fingerprint density at radius 1 is 0.750 bits per heavy atom. The first-order valence-corrected chi connectivity index (χ1v) is 11.4. The zero-order valence-corrected chi connectivity index (χ0v) is 22.0. The van der Waals surface area contributed by atoms with Crippen molar-refractivity contribution in [2.24, 2.45) is 0 Å². The van der Waals surface area contributed by atoms with Gasteiger partial charge in [0.25, 0.3) is 0 Å². The molecule has 36 heavy (non-hydrogen) atoms. The second-order valence-corrected chi connectivity index (χ2v) is 8.36. The van der Waals surface area contributed by atoms with E-state index in [4.69, 9.17) is 9.47 Å². The highest BCUT2D eigenvalue weighted by Gasteiger charge is 2.26. The van der Waals surface area contributed by atoms with Gasteiger partial charge in [-0.15, -0.1) is 24.8 Å². The summed E-state index contributed by atoms with van der Waals surface area (Å²) in [4.78, 5) is 4.79. The Balaban J connectivity index is 0.00000228. The predicted octanol–water partition coefficient (Wildman–Crippen LogP) is 6.25. The number of halogens is 4. The zero-order valence-electron chi connectivity index (χ0n) is 20.4. The number of rotatable bonds is 8. The summed E-state index contributed by atoms with van der Waals surface area (Å²) in [6.07, 6.45) is 4.25. The van der Waals surface area contributed by atoms with Crippen LogP contribution in [0.5, 0.6) is 11.5 Å². The van der Waals surface area contributed by atoms with E-state index in [9.17, 15) is 8.78 Å². The van der Waals surface area contributed by atoms with Gasteiger partial charge in [-0.05, 0) is 53.1 Å². The number of ether oxygens (including phenoxy) is 2. The van der Waals surface area contributed by atoms with Gasteiger partial charge in [0.2, 0.25) is 0 Å². The summed E-state index contributed by atoms with van der Waals surface area (Å²) in [5, 5.41) is 0. The smallest absolute Gasteiger partial charge is 0.161 e. The molecule has 0 saturated carbocycles. The summed E-state index contributed by atoms with van der Waals surface area (Å²) in [7, 11) is 3.26. The molecule has 1 aliphatic heterocycles. The molecule has 0 bridgehead atoms. The van der Waals surface area contributed by atoms with Crippen molar-refractivity contribution in [2.75, 3.05) is 46.9 Å². The van der Waals surface area contributed by atoms with Crippen LogP contribution in [0, 0.1) is 11.6 Å². The van der Waals surface area contributed by atoms with E-state index in [1.54, 1.807) is 14.2 Å². The molecule has 3 aromatic rings. The summed E-state index contributed by atoms with van der Waals surface area (Å²) < 4.78 is 37.7. The quantitative estimate of drug-likeness (QED) is 0.340. The van der Waals surface area contributed by atoms with Crippen molar-refractivity contribution in [3.8, 4) is 11.5 Å². The largest absolute Gasteiger partial charge is 0.493 e. The summed E-state index contributed by atoms with van der Waals surface area (Å²) >= 11 is 0. The van der Waals surface area contributed by atoms with Gasteiger partial charge in [0.1, 0.15) is 11.6 Å². The van der Waals surface area contributed by atoms with Crippen LogP contribution in [0.4, 0.5) is 8.78 Å². The highest BCUT2D eigenvalue weighted by Crippen LogP contribution is 2.30. The van der Waals surface area contributed by atoms with Gasteiger partial charge in [-0.2, -0.15) is 0 Å². The summed E-state index contributed by atoms with van der Waals surface area (Å²) in [6.45, 7) is 4.40. The van der Waals surface area contributed by atoms with E-state index >= 15 is 0 Å². The lowest BCUT2D eigenvalue weighted by Crippen LogP contribution is -2.47. The van der Waals surface area contributed by atoms with E-state index in [2.05, 4.69) is 22.0 Å². The minimum absolute atomic E-state index is 0. The van der Waals surface area contributed by atoms with Gasteiger partial charge in [-0.1, -0.05) is 42.5 Å². The van der Waals surface area contributed by atoms with Crippen LogP contribution in [-0.4, -0.2) is 56.7 Å². The molecule has 0 aliphatic carbocycles. The average Bonchev–Trinajstić information content (AvgIpc) is 2.87. The van der Waals surface area contributed by atoms with Crippen LogP contribution in [0.2, 0.25) is 0 Å². The summed E-state index contributed by atoms with van der Waals surface area (Å²) in [5.41, 5.74) is 3.08. The Hall–Kier alpha value is -2.64. The number of methoxy groups -OCH3 is 2. The Kier molecular flexibility index (Phi) is 11.7. The third-order valence-electron chi connectivity index (χ3n) is 6.23. The van der Waals surface area contributed by atoms with Crippen LogP contribution in [0.1, 0.15) is 22.7 Å². The number of benzene rings is 3. The van der Waals surface area contributed by atoms with E-state index in [0.717, 1.165) is 49.4 Å². The standard InChI is InChI=1S/C28H30F2N2O2.2ClH/c1-33-26-14-5-21(20-27(26)34-2)4-3-15-31-16-18-32(19-17-31)28(22-6-10-24(29)11-7-22)23-8-12-25(30)13-9-23;;/h3-14,20,28H,15-19H2,1-2H3;2*1H/b4-3+;;. The summed E-state index contributed by atoms with van der Waals surface area (Å²) in [6, 6.07) is 19.1. The molecule has 0 aromatic heterocycles. The lowest BCUT2D eigenvalue weighted by Gasteiger charge is -2.39. The molecule has 0 N–H and O–H groups in total. The zero-order chi connectivity index (χ0) is 23.9. The Morgan fingerprint density at radius 2 is 1.28 bits per heavy atom. The van der Waals surface area contributed by atoms with Gasteiger partial charge in [0.05, 0.1) is 20.3 Å². The first-order chi connectivity index (χ1) is 16.6. The van der Waals surface area contributed by atoms with E-state index in [0.29, 0.717) is 11.5 Å². The molecule has 0 amide bonds. The first kappa shape index (κ1) is 29.6. The Morgan fingerprint density at radius 3 is 1.78 bits per heavy atom. The number of hydrogen-bond acceptors (Lipinski definition) is 4. The van der Waals surface area contributed by atoms with Crippen LogP contribution >= 0.6 is 24.8 Å². The number of piperazine rings is 1. The van der Waals surface area contributed by atoms with Crippen molar-refractivity contribution < 1.29 is 18.3 Å². The maximum Gasteiger partial charge on any atom is 0.161 e. The molecule has 194 valence electrons. The van der Waals surface area contributed by atoms with Crippen LogP contribution in [-0.2, 0) is 0 Å². The molecule has 1 saturated heterocycles. The number of nitrogens with zero attached hydrogens (tertiary/aromatic N) is 2. The highest BCUT2D eigenvalue weighted by atomic mass is 35.5. The van der Waals surface area contributed by atoms with Crippen molar-refractivity contribution in [1.29, 1.82) is 0 Å². The summed E-state index contributed by atoms with van der Waals surface area (Å²) in [5.74, 6) is 0.916. The lowest BCUT2D eigenvalue weighted by atomic mass is 9.96. The minimum Gasteiger partial charge on any atom is -0.493 e. The fourth-order valence-corrected chi connectivity index (χ4v) is 4.40. The second-order valence-electron chi connectivity index (χ2n) is 8.36. The van der Waals surface area contributed by atoms with Gasteiger partial charge in [0, 0.05) is 32.7 Å². The second kappa shape index (κ2) is 14.2. The minimum atomic E-state index is -0.257. The van der Waals surface area contributed by atoms with Crippen LogP contribution < -0.4 is 9.47 Å². The fourth-order valence-electron chi connectivity index (χ4n) is 4.40. The molecule has 1 heterocycles. The molecule has 1 aliphatic rings. The molecule has 0 unspecified atom stereocenters. The lowest BCUT2D eigenvalue weighted by molar-refractivity contribution is 0.118. The maximum atomic E-state index is 13.5. The van der Waals surface area contributed by atoms with Gasteiger partial charge in [-0.25, -0.2) is 8.78 Å². The molecule has 4 nitrogen and oxygen atoms in total. The predicted molar refractivity (Wildman–Crippen MR) is 146 cm³/mol. The van der Waals surface area contributed by atoms with Gasteiger partial charge >= 0.3 is 0 Å². The fraction of sp³-hybridized carbons (Fsp3) is 0.286. The topological polar surface area (TPSA) is 24.9 Å². The molecule has 1 fully saturated rings. The van der Waals surface area contributed by atoms with E-state index in [1.807, 2.05) is 42.5 Å². The highest BCUT2D eigenvalue weighted by molar-refractivity contribution is 5.85. The molecule has 4 rings (SSSR count). The van der Waals surface area contributed by atoms with E-state index in [1.165, 1.54) is 24.3 Å². The van der Waals surface area contributed by atoms with Crippen LogP contribution in [0.3, 0.4) is 0 Å². The average molecular weight is 537 g/mol. The van der Waals surface area contributed by atoms with Gasteiger partial charge in [0.15, 0.2) is 11.5 Å². The van der Waals surface area contributed by atoms with E-state index in [-0.39, 0.29) is 42.5 Å². The molecule has 8 heteroatoms. The molecular formula is C28H32Cl2F2N2O2. The third kappa shape index (κ3) is 7.43. The molecule has 3 aromatic carbocycles. The molecule has 0 radical (unpaired) electrons. The van der Waals surface area contributed by atoms with Gasteiger partial charge in [-0.3, -0.25) is 9.80 Å². The SMILES string of the molecule is COc1ccc(/C=C/CN2CCN(C(c3ccc(F)cc3)c3ccc(F)cc3)CC2)cc1OC.Cl.Cl. The Bertz CT molecular complexity index is 1060. The van der Waals surface area contributed by atoms with Crippen molar-refractivity contribution >= 4 is 30.9 Å². The van der Waals surface area contributed by atoms with E-state index < -0.39 is 0 Å². The normalized spacial score (nSPS) is 14.4. The first-order valence-electron chi connectivity index (χ1n) is 11.4. The number of hydrogen-bond donors (Lipinski definition) is 0. The van der Waals surface area contributed by atoms with Crippen molar-refractivity contribution in [2.45, 2.75) is 6.04 Å². The molecule has 0 spiro atoms. The Labute approximate surface area is 224 Å². The van der Waals surface area contributed by atoms with Crippen molar-refractivity contribution in [3.63, 3.8) is 0 Å². The molecule has 0 atom stereocenters. The van der Waals surface area contributed by atoms with Crippen molar-refractivity contribution in [3.05, 3.63) is 101 Å². The van der Waals surface area contributed by atoms with Gasteiger partial charge < -0.3 is 9.47 Å². The molecular weight excluding hydrogens is 505 g/mol. The van der Waals surface area contributed by atoms with Crippen LogP contribution in [0.15, 0.2) is 72.8 Å². The van der Waals surface area contributed by atoms with Crippen LogP contribution in [0.25, 0.3) is 6.08 Å². The third-order valence-corrected chi connectivity index (χ3v) is 6.23. The van der Waals surface area contributed by atoms with Crippen molar-refractivity contribution in [1.82, 2.24) is 9.80 Å². The maximum absolute atomic E-state index is 13.5. The monoisotopic (exact) mass is 536 g/mol.